The molecule has 1 unspecified atom stereocenters. The molecule has 0 radical (unpaired) electrons. The van der Waals surface area contributed by atoms with Crippen LogP contribution in [0.15, 0.2) is 9.47 Å². The van der Waals surface area contributed by atoms with Gasteiger partial charge in [-0.1, -0.05) is 31.9 Å². The van der Waals surface area contributed by atoms with Crippen LogP contribution in [0.2, 0.25) is 0 Å². The third-order valence-electron chi connectivity index (χ3n) is 0.928. The Morgan fingerprint density at radius 3 is 1.90 bits per heavy atom. The molecular weight excluding hydrogens is 392 g/mol. The average Bonchev–Trinajstić information content (AvgIpc) is 1.60. The molecule has 0 aromatic rings. The fourth-order valence-corrected chi connectivity index (χ4v) is 1.94. The maximum Gasteiger partial charge on any atom is 0.0575 e. The van der Waals surface area contributed by atoms with Crippen LogP contribution in [-0.2, 0) is 0 Å². The van der Waals surface area contributed by atoms with Crippen LogP contribution in [0, 0.1) is 0 Å². The van der Waals surface area contributed by atoms with Gasteiger partial charge in [0, 0.05) is 9.15 Å². The Labute approximate surface area is 95.3 Å². The van der Waals surface area contributed by atoms with Gasteiger partial charge in [0.05, 0.1) is 3.39 Å². The van der Waals surface area contributed by atoms with Gasteiger partial charge < -0.3 is 0 Å². The van der Waals surface area contributed by atoms with E-state index in [2.05, 4.69) is 77.6 Å². The second-order valence-corrected chi connectivity index (χ2v) is 8.23. The van der Waals surface area contributed by atoms with E-state index in [0.29, 0.717) is 4.83 Å². The number of alkyl halides is 2. The van der Waals surface area contributed by atoms with Crippen molar-refractivity contribution in [2.75, 3.05) is 0 Å². The van der Waals surface area contributed by atoms with E-state index in [1.807, 2.05) is 6.08 Å². The molecule has 4 heteroatoms. The standard InChI is InChI=1S/C6H8Br4/c1-6(2,10)4(7)3-5(8)9/h3-4H,1-2H3. The maximum absolute atomic E-state index is 3.54. The minimum absolute atomic E-state index is 0.0831. The second kappa shape index (κ2) is 4.63. The smallest absolute Gasteiger partial charge is 0.0575 e. The van der Waals surface area contributed by atoms with E-state index in [1.54, 1.807) is 0 Å². The van der Waals surface area contributed by atoms with Crippen molar-refractivity contribution in [1.29, 1.82) is 0 Å². The van der Waals surface area contributed by atoms with Gasteiger partial charge in [0.1, 0.15) is 0 Å². The molecule has 60 valence electrons. The van der Waals surface area contributed by atoms with Crippen molar-refractivity contribution in [2.24, 2.45) is 0 Å². The van der Waals surface area contributed by atoms with Crippen molar-refractivity contribution in [2.45, 2.75) is 23.0 Å². The third-order valence-corrected chi connectivity index (χ3v) is 3.97. The van der Waals surface area contributed by atoms with Gasteiger partial charge in [0.2, 0.25) is 0 Å². The van der Waals surface area contributed by atoms with Gasteiger partial charge in [0.15, 0.2) is 0 Å². The van der Waals surface area contributed by atoms with E-state index >= 15 is 0 Å². The molecule has 0 saturated heterocycles. The van der Waals surface area contributed by atoms with Crippen LogP contribution < -0.4 is 0 Å². The predicted octanol–water partition coefficient (Wildman–Crippen LogP) is 4.55. The number of rotatable bonds is 2. The lowest BCUT2D eigenvalue weighted by Crippen LogP contribution is -2.21. The largest absolute Gasteiger partial charge is 0.0844 e. The average molecular weight is 400 g/mol. The predicted molar refractivity (Wildman–Crippen MR) is 61.7 cm³/mol. The first kappa shape index (κ1) is 11.7. The molecule has 0 spiro atoms. The number of hydrogen-bond acceptors (Lipinski definition) is 0. The highest BCUT2D eigenvalue weighted by atomic mass is 79.9. The number of halogens is 4. The highest BCUT2D eigenvalue weighted by Gasteiger charge is 2.21. The van der Waals surface area contributed by atoms with Gasteiger partial charge >= 0.3 is 0 Å². The summed E-state index contributed by atoms with van der Waals surface area (Å²) in [6, 6.07) is 0. The van der Waals surface area contributed by atoms with E-state index in [1.165, 1.54) is 0 Å². The lowest BCUT2D eigenvalue weighted by Gasteiger charge is -2.20. The fourth-order valence-electron chi connectivity index (χ4n) is 0.309. The van der Waals surface area contributed by atoms with E-state index < -0.39 is 0 Å². The Balaban J connectivity index is 4.11. The molecule has 0 fully saturated rings. The summed E-state index contributed by atoms with van der Waals surface area (Å²) in [5, 5.41) is 0. The zero-order valence-electron chi connectivity index (χ0n) is 5.67. The summed E-state index contributed by atoms with van der Waals surface area (Å²) < 4.78 is 1.05. The van der Waals surface area contributed by atoms with Gasteiger partial charge in [-0.25, -0.2) is 0 Å². The summed E-state index contributed by atoms with van der Waals surface area (Å²) in [4.78, 5) is 0.314. The summed E-state index contributed by atoms with van der Waals surface area (Å²) in [5.74, 6) is 0. The first-order valence-electron chi connectivity index (χ1n) is 2.70. The molecule has 1 atom stereocenters. The Morgan fingerprint density at radius 1 is 1.40 bits per heavy atom. The molecule has 0 bridgehead atoms. The van der Waals surface area contributed by atoms with E-state index in [4.69, 9.17) is 0 Å². The van der Waals surface area contributed by atoms with Crippen molar-refractivity contribution < 1.29 is 0 Å². The van der Waals surface area contributed by atoms with Crippen LogP contribution in [0.5, 0.6) is 0 Å². The molecule has 0 aliphatic carbocycles. The van der Waals surface area contributed by atoms with Gasteiger partial charge in [-0.3, -0.25) is 0 Å². The molecule has 0 nitrogen and oxygen atoms in total. The van der Waals surface area contributed by atoms with Crippen molar-refractivity contribution in [3.63, 3.8) is 0 Å². The highest BCUT2D eigenvalue weighted by Crippen LogP contribution is 2.30. The van der Waals surface area contributed by atoms with Crippen molar-refractivity contribution >= 4 is 63.7 Å². The minimum atomic E-state index is 0.0831. The fraction of sp³-hybridized carbons (Fsp3) is 0.667. The van der Waals surface area contributed by atoms with Crippen LogP contribution >= 0.6 is 63.7 Å². The van der Waals surface area contributed by atoms with Crippen molar-refractivity contribution in [3.05, 3.63) is 9.47 Å². The van der Waals surface area contributed by atoms with Gasteiger partial charge in [-0.05, 0) is 51.8 Å². The summed E-state index contributed by atoms with van der Waals surface area (Å²) in [7, 11) is 0. The van der Waals surface area contributed by atoms with Gasteiger partial charge in [-0.2, -0.15) is 0 Å². The lowest BCUT2D eigenvalue weighted by molar-refractivity contribution is 0.768. The SMILES string of the molecule is CC(C)(Br)C(Br)C=C(Br)Br. The summed E-state index contributed by atoms with van der Waals surface area (Å²) >= 11 is 13.6. The first-order valence-corrected chi connectivity index (χ1v) is 5.99. The third kappa shape index (κ3) is 5.33. The number of allylic oxidation sites excluding steroid dienone is 1. The quantitative estimate of drug-likeness (QED) is 0.597. The molecule has 0 aromatic heterocycles. The van der Waals surface area contributed by atoms with Crippen molar-refractivity contribution in [3.8, 4) is 0 Å². The van der Waals surface area contributed by atoms with Gasteiger partial charge in [0.25, 0.3) is 0 Å². The maximum atomic E-state index is 3.54. The Bertz CT molecular complexity index is 129. The summed E-state index contributed by atoms with van der Waals surface area (Å²) in [5.41, 5.74) is 0. The van der Waals surface area contributed by atoms with Gasteiger partial charge in [-0.15, -0.1) is 0 Å². The summed E-state index contributed by atoms with van der Waals surface area (Å²) in [6.07, 6.45) is 2.04. The first-order chi connectivity index (χ1) is 4.34. The van der Waals surface area contributed by atoms with Crippen LogP contribution in [0.1, 0.15) is 13.8 Å². The molecule has 0 amide bonds. The van der Waals surface area contributed by atoms with Crippen molar-refractivity contribution in [1.82, 2.24) is 0 Å². The van der Waals surface area contributed by atoms with Crippen LogP contribution in [0.3, 0.4) is 0 Å². The Kier molecular flexibility index (Phi) is 5.40. The van der Waals surface area contributed by atoms with Crippen LogP contribution in [-0.4, -0.2) is 9.15 Å². The molecule has 10 heavy (non-hydrogen) atoms. The van der Waals surface area contributed by atoms with Crippen LogP contribution in [0.4, 0.5) is 0 Å². The monoisotopic (exact) mass is 396 g/mol. The molecule has 0 N–H and O–H groups in total. The lowest BCUT2D eigenvalue weighted by atomic mass is 10.1. The Hall–Kier alpha value is 1.66. The zero-order chi connectivity index (χ0) is 8.36. The molecule has 0 rings (SSSR count). The summed E-state index contributed by atoms with van der Waals surface area (Å²) in [6.45, 7) is 4.21. The zero-order valence-corrected chi connectivity index (χ0v) is 12.0. The molecule has 0 aromatic carbocycles. The number of hydrogen-bond donors (Lipinski definition) is 0. The highest BCUT2D eigenvalue weighted by molar-refractivity contribution is 9.28. The topological polar surface area (TPSA) is 0 Å². The molecule has 0 aliphatic rings. The second-order valence-electron chi connectivity index (χ2n) is 2.42. The molecule has 0 heterocycles. The molecular formula is C6H8Br4. The molecule has 0 aliphatic heterocycles. The normalized spacial score (nSPS) is 14.6. The van der Waals surface area contributed by atoms with E-state index in [0.717, 1.165) is 3.39 Å². The van der Waals surface area contributed by atoms with E-state index in [-0.39, 0.29) is 4.32 Å². The Morgan fingerprint density at radius 2 is 1.80 bits per heavy atom. The molecule has 0 saturated carbocycles. The van der Waals surface area contributed by atoms with E-state index in [9.17, 15) is 0 Å². The minimum Gasteiger partial charge on any atom is -0.0844 e. The van der Waals surface area contributed by atoms with Crippen LogP contribution in [0.25, 0.3) is 0 Å².